The molecule has 0 aliphatic carbocycles. The summed E-state index contributed by atoms with van der Waals surface area (Å²) in [5.74, 6) is 0.0691. The average Bonchev–Trinajstić information content (AvgIpc) is 2.15. The summed E-state index contributed by atoms with van der Waals surface area (Å²) in [4.78, 5) is 14.0. The summed E-state index contributed by atoms with van der Waals surface area (Å²) >= 11 is 0. The summed E-state index contributed by atoms with van der Waals surface area (Å²) in [5.41, 5.74) is -0.717. The highest BCUT2D eigenvalue weighted by Gasteiger charge is 2.36. The van der Waals surface area contributed by atoms with Crippen molar-refractivity contribution in [1.82, 2.24) is 10.2 Å². The maximum absolute atomic E-state index is 12.1. The Morgan fingerprint density at radius 2 is 2.07 bits per heavy atom. The molecule has 0 saturated carbocycles. The highest BCUT2D eigenvalue weighted by Crippen LogP contribution is 2.17. The van der Waals surface area contributed by atoms with Gasteiger partial charge in [-0.15, -0.1) is 0 Å². The van der Waals surface area contributed by atoms with Crippen LogP contribution in [-0.4, -0.2) is 48.7 Å². The maximum Gasteiger partial charge on any atom is 0.254 e. The molecule has 0 aromatic carbocycles. The number of hydrogen-bond acceptors (Lipinski definition) is 3. The molecule has 1 fully saturated rings. The summed E-state index contributed by atoms with van der Waals surface area (Å²) in [7, 11) is 1.57. The Balaban J connectivity index is 2.68. The predicted octanol–water partition coefficient (Wildman–Crippen LogP) is 0.622. The second kappa shape index (κ2) is 4.10. The Morgan fingerprint density at radius 1 is 1.47 bits per heavy atom. The van der Waals surface area contributed by atoms with Crippen molar-refractivity contribution in [2.24, 2.45) is 0 Å². The van der Waals surface area contributed by atoms with Crippen LogP contribution in [0.25, 0.3) is 0 Å². The summed E-state index contributed by atoms with van der Waals surface area (Å²) in [5, 5.41) is 3.38. The molecule has 1 aliphatic heterocycles. The largest absolute Gasteiger partial charge is 0.369 e. The number of amides is 1. The SMILES string of the molecule is COC(C)(C)C(=O)N1CCNC(C)(C)C1. The lowest BCUT2D eigenvalue weighted by Gasteiger charge is -2.41. The van der Waals surface area contributed by atoms with E-state index in [1.807, 2.05) is 18.7 Å². The summed E-state index contributed by atoms with van der Waals surface area (Å²) in [6.45, 7) is 10.2. The number of hydrogen-bond donors (Lipinski definition) is 1. The van der Waals surface area contributed by atoms with Gasteiger partial charge in [-0.2, -0.15) is 0 Å². The lowest BCUT2D eigenvalue weighted by atomic mass is 9.99. The minimum Gasteiger partial charge on any atom is -0.369 e. The molecule has 0 unspecified atom stereocenters. The molecule has 4 heteroatoms. The number of nitrogens with one attached hydrogen (secondary N) is 1. The van der Waals surface area contributed by atoms with Crippen molar-refractivity contribution in [3.05, 3.63) is 0 Å². The van der Waals surface area contributed by atoms with Crippen molar-refractivity contribution < 1.29 is 9.53 Å². The Hall–Kier alpha value is -0.610. The molecule has 0 aromatic rings. The van der Waals surface area contributed by atoms with Crippen LogP contribution in [0.3, 0.4) is 0 Å². The zero-order valence-corrected chi connectivity index (χ0v) is 10.4. The van der Waals surface area contributed by atoms with Gasteiger partial charge in [0.15, 0.2) is 0 Å². The lowest BCUT2D eigenvalue weighted by molar-refractivity contribution is -0.153. The van der Waals surface area contributed by atoms with Crippen LogP contribution >= 0.6 is 0 Å². The number of piperazine rings is 1. The molecule has 88 valence electrons. The van der Waals surface area contributed by atoms with Gasteiger partial charge in [0.25, 0.3) is 5.91 Å². The van der Waals surface area contributed by atoms with E-state index in [-0.39, 0.29) is 11.4 Å². The fourth-order valence-electron chi connectivity index (χ4n) is 1.78. The number of ether oxygens (including phenoxy) is 1. The van der Waals surface area contributed by atoms with Gasteiger partial charge in [0.1, 0.15) is 5.60 Å². The van der Waals surface area contributed by atoms with Crippen LogP contribution in [0.2, 0.25) is 0 Å². The van der Waals surface area contributed by atoms with Crippen LogP contribution in [0.1, 0.15) is 27.7 Å². The van der Waals surface area contributed by atoms with Crippen LogP contribution in [0.15, 0.2) is 0 Å². The summed E-state index contributed by atoms with van der Waals surface area (Å²) in [6.07, 6.45) is 0. The third-order valence-corrected chi connectivity index (χ3v) is 2.88. The van der Waals surface area contributed by atoms with E-state index in [0.717, 1.165) is 19.6 Å². The van der Waals surface area contributed by atoms with E-state index < -0.39 is 5.60 Å². The Kier molecular flexibility index (Phi) is 3.41. The molecule has 1 rings (SSSR count). The van der Waals surface area contributed by atoms with Gasteiger partial charge in [0.05, 0.1) is 0 Å². The van der Waals surface area contributed by atoms with Crippen LogP contribution < -0.4 is 5.32 Å². The summed E-state index contributed by atoms with van der Waals surface area (Å²) < 4.78 is 5.21. The molecule has 1 heterocycles. The Labute approximate surface area is 92.0 Å². The molecular weight excluding hydrogens is 192 g/mol. The topological polar surface area (TPSA) is 41.6 Å². The van der Waals surface area contributed by atoms with Crippen molar-refractivity contribution in [1.29, 1.82) is 0 Å². The monoisotopic (exact) mass is 214 g/mol. The van der Waals surface area contributed by atoms with Gasteiger partial charge in [-0.05, 0) is 27.7 Å². The molecule has 1 amide bonds. The van der Waals surface area contributed by atoms with E-state index in [1.165, 1.54) is 0 Å². The summed E-state index contributed by atoms with van der Waals surface area (Å²) in [6, 6.07) is 0. The Morgan fingerprint density at radius 3 is 2.53 bits per heavy atom. The van der Waals surface area contributed by atoms with E-state index >= 15 is 0 Å². The molecule has 15 heavy (non-hydrogen) atoms. The van der Waals surface area contributed by atoms with Crippen LogP contribution in [0.5, 0.6) is 0 Å². The average molecular weight is 214 g/mol. The molecule has 1 aliphatic rings. The third-order valence-electron chi connectivity index (χ3n) is 2.88. The van der Waals surface area contributed by atoms with E-state index in [2.05, 4.69) is 19.2 Å². The molecule has 1 saturated heterocycles. The van der Waals surface area contributed by atoms with Gasteiger partial charge in [0, 0.05) is 32.3 Å². The van der Waals surface area contributed by atoms with Crippen molar-refractivity contribution in [2.45, 2.75) is 38.8 Å². The predicted molar refractivity (Wildman–Crippen MR) is 59.7 cm³/mol. The highest BCUT2D eigenvalue weighted by molar-refractivity contribution is 5.84. The fraction of sp³-hybridized carbons (Fsp3) is 0.909. The van der Waals surface area contributed by atoms with Gasteiger partial charge in [-0.25, -0.2) is 0 Å². The number of carbonyl (C=O) groups excluding carboxylic acids is 1. The normalized spacial score (nSPS) is 21.5. The van der Waals surface area contributed by atoms with E-state index in [1.54, 1.807) is 7.11 Å². The first-order valence-electron chi connectivity index (χ1n) is 5.38. The molecule has 4 nitrogen and oxygen atoms in total. The second-order valence-electron chi connectivity index (χ2n) is 5.25. The quantitative estimate of drug-likeness (QED) is 0.733. The van der Waals surface area contributed by atoms with Gasteiger partial charge >= 0.3 is 0 Å². The molecule has 1 N–H and O–H groups in total. The first kappa shape index (κ1) is 12.5. The van der Waals surface area contributed by atoms with Gasteiger partial charge in [0.2, 0.25) is 0 Å². The van der Waals surface area contributed by atoms with Crippen molar-refractivity contribution in [3.8, 4) is 0 Å². The first-order chi connectivity index (χ1) is 6.78. The minimum absolute atomic E-state index is 0.00225. The van der Waals surface area contributed by atoms with Crippen LogP contribution in [0, 0.1) is 0 Å². The van der Waals surface area contributed by atoms with Crippen LogP contribution in [0.4, 0.5) is 0 Å². The zero-order chi connectivity index (χ0) is 11.7. The van der Waals surface area contributed by atoms with Crippen molar-refractivity contribution in [2.75, 3.05) is 26.7 Å². The molecule has 0 spiro atoms. The van der Waals surface area contributed by atoms with E-state index in [9.17, 15) is 4.79 Å². The molecule has 0 radical (unpaired) electrons. The van der Waals surface area contributed by atoms with Crippen LogP contribution in [-0.2, 0) is 9.53 Å². The first-order valence-corrected chi connectivity index (χ1v) is 5.38. The Bertz CT molecular complexity index is 249. The number of methoxy groups -OCH3 is 1. The zero-order valence-electron chi connectivity index (χ0n) is 10.4. The van der Waals surface area contributed by atoms with Gasteiger partial charge in [-0.1, -0.05) is 0 Å². The minimum atomic E-state index is -0.715. The van der Waals surface area contributed by atoms with Crippen molar-refractivity contribution in [3.63, 3.8) is 0 Å². The van der Waals surface area contributed by atoms with Gasteiger partial charge < -0.3 is 15.0 Å². The standard InChI is InChI=1S/C11H22N2O2/c1-10(2)8-13(7-6-12-10)9(14)11(3,4)15-5/h12H,6-8H2,1-5H3. The van der Waals surface area contributed by atoms with E-state index in [4.69, 9.17) is 4.74 Å². The third kappa shape index (κ3) is 2.92. The molecule has 0 atom stereocenters. The number of carbonyl (C=O) groups is 1. The molecule has 0 bridgehead atoms. The second-order valence-corrected chi connectivity index (χ2v) is 5.25. The number of nitrogens with zero attached hydrogens (tertiary/aromatic N) is 1. The fourth-order valence-corrected chi connectivity index (χ4v) is 1.78. The van der Waals surface area contributed by atoms with E-state index in [0.29, 0.717) is 0 Å². The maximum atomic E-state index is 12.1. The van der Waals surface area contributed by atoms with Crippen molar-refractivity contribution >= 4 is 5.91 Å². The number of rotatable bonds is 2. The molecule has 0 aromatic heterocycles. The smallest absolute Gasteiger partial charge is 0.254 e. The highest BCUT2D eigenvalue weighted by atomic mass is 16.5. The van der Waals surface area contributed by atoms with Gasteiger partial charge in [-0.3, -0.25) is 4.79 Å². The lowest BCUT2D eigenvalue weighted by Crippen LogP contribution is -2.61. The molecular formula is C11H22N2O2.